The SMILES string of the molecule is C[C@@]12CCC[C@H]1[C@@H]1CCc3cccc(OC(=O)c4cccnc4OC(=O)c4ccccc4)c3[C@H]1CC2. The number of hydrogen-bond acceptors (Lipinski definition) is 5. The van der Waals surface area contributed by atoms with Crippen molar-refractivity contribution in [3.63, 3.8) is 0 Å². The summed E-state index contributed by atoms with van der Waals surface area (Å²) in [5.41, 5.74) is 3.51. The van der Waals surface area contributed by atoms with Crippen LogP contribution < -0.4 is 9.47 Å². The molecule has 0 bridgehead atoms. The minimum Gasteiger partial charge on any atom is -0.422 e. The molecule has 0 spiro atoms. The van der Waals surface area contributed by atoms with Crippen molar-refractivity contribution >= 4 is 11.9 Å². The van der Waals surface area contributed by atoms with E-state index in [0.717, 1.165) is 18.8 Å². The van der Waals surface area contributed by atoms with Gasteiger partial charge in [-0.25, -0.2) is 14.6 Å². The number of aryl methyl sites for hydroxylation is 1. The molecule has 1 heterocycles. The van der Waals surface area contributed by atoms with Gasteiger partial charge in [0.25, 0.3) is 0 Å². The number of esters is 2. The number of benzene rings is 2. The van der Waals surface area contributed by atoms with Gasteiger partial charge in [0.05, 0.1) is 5.56 Å². The maximum absolute atomic E-state index is 13.4. The molecule has 184 valence electrons. The van der Waals surface area contributed by atoms with Crippen molar-refractivity contribution in [2.75, 3.05) is 0 Å². The fourth-order valence-electron chi connectivity index (χ4n) is 7.18. The number of pyridine rings is 1. The Bertz CT molecular complexity index is 1300. The molecule has 2 aromatic carbocycles. The van der Waals surface area contributed by atoms with Gasteiger partial charge in [0.1, 0.15) is 11.3 Å². The van der Waals surface area contributed by atoms with Crippen LogP contribution in [0, 0.1) is 17.3 Å². The molecule has 3 aromatic rings. The Labute approximate surface area is 211 Å². The van der Waals surface area contributed by atoms with Crippen LogP contribution in [0.3, 0.4) is 0 Å². The predicted octanol–water partition coefficient (Wildman–Crippen LogP) is 6.77. The van der Waals surface area contributed by atoms with E-state index in [1.807, 2.05) is 18.2 Å². The van der Waals surface area contributed by atoms with Gasteiger partial charge in [0.15, 0.2) is 0 Å². The maximum Gasteiger partial charge on any atom is 0.349 e. The molecule has 5 nitrogen and oxygen atoms in total. The summed E-state index contributed by atoms with van der Waals surface area (Å²) in [6.07, 6.45) is 10.1. The molecule has 36 heavy (non-hydrogen) atoms. The van der Waals surface area contributed by atoms with Crippen LogP contribution in [0.4, 0.5) is 0 Å². The molecular formula is C31H31NO4. The second-order valence-electron chi connectivity index (χ2n) is 10.8. The summed E-state index contributed by atoms with van der Waals surface area (Å²) in [5.74, 6) is 1.31. The maximum atomic E-state index is 13.4. The first kappa shape index (κ1) is 23.0. The molecule has 0 N–H and O–H groups in total. The van der Waals surface area contributed by atoms with Crippen molar-refractivity contribution in [1.29, 1.82) is 0 Å². The lowest BCUT2D eigenvalue weighted by atomic mass is 9.56. The van der Waals surface area contributed by atoms with Crippen LogP contribution >= 0.6 is 0 Å². The lowest BCUT2D eigenvalue weighted by Gasteiger charge is -2.49. The Morgan fingerprint density at radius 3 is 2.61 bits per heavy atom. The number of nitrogens with zero attached hydrogens (tertiary/aromatic N) is 1. The Hall–Kier alpha value is -3.47. The minimum atomic E-state index is -0.565. The van der Waals surface area contributed by atoms with Gasteiger partial charge in [-0.1, -0.05) is 43.7 Å². The zero-order valence-corrected chi connectivity index (χ0v) is 20.6. The molecule has 0 unspecified atom stereocenters. The number of hydrogen-bond donors (Lipinski definition) is 0. The molecule has 4 atom stereocenters. The Balaban J connectivity index is 1.27. The Morgan fingerprint density at radius 1 is 0.889 bits per heavy atom. The van der Waals surface area contributed by atoms with Gasteiger partial charge in [0, 0.05) is 11.8 Å². The summed E-state index contributed by atoms with van der Waals surface area (Å²) in [4.78, 5) is 30.1. The van der Waals surface area contributed by atoms with E-state index in [4.69, 9.17) is 9.47 Å². The van der Waals surface area contributed by atoms with Crippen molar-refractivity contribution in [3.8, 4) is 11.6 Å². The van der Waals surface area contributed by atoms with E-state index < -0.39 is 11.9 Å². The van der Waals surface area contributed by atoms with E-state index in [-0.39, 0.29) is 11.4 Å². The van der Waals surface area contributed by atoms with Crippen molar-refractivity contribution in [3.05, 3.63) is 89.1 Å². The lowest BCUT2D eigenvalue weighted by Crippen LogP contribution is -2.39. The Morgan fingerprint density at radius 2 is 1.75 bits per heavy atom. The fourth-order valence-corrected chi connectivity index (χ4v) is 7.18. The van der Waals surface area contributed by atoms with Crippen molar-refractivity contribution < 1.29 is 19.1 Å². The third-order valence-corrected chi connectivity index (χ3v) is 8.89. The summed E-state index contributed by atoms with van der Waals surface area (Å²) in [5, 5.41) is 0. The van der Waals surface area contributed by atoms with Crippen molar-refractivity contribution in [1.82, 2.24) is 4.98 Å². The number of rotatable bonds is 4. The first-order valence-corrected chi connectivity index (χ1v) is 13.1. The lowest BCUT2D eigenvalue weighted by molar-refractivity contribution is 0.0569. The topological polar surface area (TPSA) is 65.5 Å². The van der Waals surface area contributed by atoms with Gasteiger partial charge in [-0.05, 0) is 97.6 Å². The second-order valence-corrected chi connectivity index (χ2v) is 10.8. The minimum absolute atomic E-state index is 0.0431. The van der Waals surface area contributed by atoms with Gasteiger partial charge < -0.3 is 9.47 Å². The van der Waals surface area contributed by atoms with Crippen molar-refractivity contribution in [2.45, 2.75) is 57.8 Å². The molecule has 0 aliphatic heterocycles. The highest BCUT2D eigenvalue weighted by Crippen LogP contribution is 2.61. The molecule has 2 fully saturated rings. The first-order chi connectivity index (χ1) is 17.5. The van der Waals surface area contributed by atoms with Gasteiger partial charge >= 0.3 is 11.9 Å². The van der Waals surface area contributed by atoms with Crippen LogP contribution in [-0.4, -0.2) is 16.9 Å². The third kappa shape index (κ3) is 4.01. The molecule has 3 aliphatic carbocycles. The highest BCUT2D eigenvalue weighted by atomic mass is 16.6. The fraction of sp³-hybridized carbons (Fsp3) is 0.387. The van der Waals surface area contributed by atoms with E-state index in [0.29, 0.717) is 28.6 Å². The second kappa shape index (κ2) is 9.20. The molecule has 6 rings (SSSR count). The van der Waals surface area contributed by atoms with Crippen LogP contribution in [0.5, 0.6) is 11.6 Å². The predicted molar refractivity (Wildman–Crippen MR) is 136 cm³/mol. The molecule has 0 saturated heterocycles. The monoisotopic (exact) mass is 481 g/mol. The smallest absolute Gasteiger partial charge is 0.349 e. The standard InChI is InChI=1S/C31H31NO4/c1-31-17-6-12-25(31)22-15-14-20-10-5-13-26(27(20)23(22)16-18-31)35-30(34)24-11-7-19-32-28(24)36-29(33)21-8-3-2-4-9-21/h2-5,7-11,13,19,22-23,25H,6,12,14-18H2,1H3/t22-,23+,25+,31+/m1/s1. The molecule has 5 heteroatoms. The number of ether oxygens (including phenoxy) is 2. The summed E-state index contributed by atoms with van der Waals surface area (Å²) in [7, 11) is 0. The number of fused-ring (bicyclic) bond motifs is 5. The van der Waals surface area contributed by atoms with Crippen LogP contribution in [-0.2, 0) is 6.42 Å². The molecule has 2 saturated carbocycles. The average Bonchev–Trinajstić information content (AvgIpc) is 3.31. The van der Waals surface area contributed by atoms with Gasteiger partial charge in [-0.3, -0.25) is 0 Å². The summed E-state index contributed by atoms with van der Waals surface area (Å²) in [6, 6.07) is 18.0. The van der Waals surface area contributed by atoms with Gasteiger partial charge in [-0.15, -0.1) is 0 Å². The largest absolute Gasteiger partial charge is 0.422 e. The van der Waals surface area contributed by atoms with Gasteiger partial charge in [0.2, 0.25) is 5.88 Å². The zero-order chi connectivity index (χ0) is 24.7. The molecule has 1 aromatic heterocycles. The number of aromatic nitrogens is 1. The molecule has 3 aliphatic rings. The number of carbonyl (C=O) groups excluding carboxylic acids is 2. The summed E-state index contributed by atoms with van der Waals surface area (Å²) >= 11 is 0. The molecule has 0 amide bonds. The highest BCUT2D eigenvalue weighted by molar-refractivity contribution is 5.96. The van der Waals surface area contributed by atoms with E-state index in [1.54, 1.807) is 36.4 Å². The van der Waals surface area contributed by atoms with Crippen LogP contribution in [0.15, 0.2) is 66.9 Å². The van der Waals surface area contributed by atoms with Gasteiger partial charge in [-0.2, -0.15) is 0 Å². The van der Waals surface area contributed by atoms with Crippen LogP contribution in [0.25, 0.3) is 0 Å². The zero-order valence-electron chi connectivity index (χ0n) is 20.6. The van der Waals surface area contributed by atoms with E-state index in [1.165, 1.54) is 49.4 Å². The van der Waals surface area contributed by atoms with E-state index in [9.17, 15) is 9.59 Å². The van der Waals surface area contributed by atoms with Crippen molar-refractivity contribution in [2.24, 2.45) is 17.3 Å². The normalized spacial score (nSPS) is 26.3. The highest BCUT2D eigenvalue weighted by Gasteiger charge is 2.50. The molecular weight excluding hydrogens is 450 g/mol. The summed E-state index contributed by atoms with van der Waals surface area (Å²) < 4.78 is 11.5. The molecule has 0 radical (unpaired) electrons. The first-order valence-electron chi connectivity index (χ1n) is 13.1. The van der Waals surface area contributed by atoms with E-state index >= 15 is 0 Å². The van der Waals surface area contributed by atoms with E-state index in [2.05, 4.69) is 18.0 Å². The van der Waals surface area contributed by atoms with Crippen LogP contribution in [0.2, 0.25) is 0 Å². The number of carbonyl (C=O) groups is 2. The Kier molecular flexibility index (Phi) is 5.87. The average molecular weight is 482 g/mol. The van der Waals surface area contributed by atoms with Crippen LogP contribution in [0.1, 0.15) is 83.2 Å². The summed E-state index contributed by atoms with van der Waals surface area (Å²) in [6.45, 7) is 2.49. The quantitative estimate of drug-likeness (QED) is 0.304. The third-order valence-electron chi connectivity index (χ3n) is 8.89.